The van der Waals surface area contributed by atoms with Gasteiger partial charge in [-0.1, -0.05) is 0 Å². The molecule has 2 fully saturated rings. The summed E-state index contributed by atoms with van der Waals surface area (Å²) < 4.78 is 16.1. The van der Waals surface area contributed by atoms with Crippen LogP contribution in [0.5, 0.6) is 0 Å². The first-order valence-electron chi connectivity index (χ1n) is 11.6. The molecule has 1 aliphatic heterocycles. The fourth-order valence-corrected chi connectivity index (χ4v) is 5.14. The lowest BCUT2D eigenvalue weighted by molar-refractivity contribution is -0.183. The van der Waals surface area contributed by atoms with Gasteiger partial charge in [-0.15, -0.1) is 0 Å². The highest BCUT2D eigenvalue weighted by Gasteiger charge is 2.37. The number of carbonyl (C=O) groups is 1. The molecule has 1 amide bonds. The SMILES string of the molecule is Cn1nccc1-c1cc(F)cc(C[C@H]2CC[C@H](C(=O)N3OCC[C@H]3c3cnccn3)CC2)c1. The third-order valence-electron chi connectivity index (χ3n) is 6.84. The number of aryl methyl sites for hydroxylation is 1. The van der Waals surface area contributed by atoms with Crippen LogP contribution in [0.4, 0.5) is 4.39 Å². The van der Waals surface area contributed by atoms with E-state index in [9.17, 15) is 9.18 Å². The molecule has 3 aromatic rings. The summed E-state index contributed by atoms with van der Waals surface area (Å²) in [6, 6.07) is 6.97. The maximum atomic E-state index is 14.3. The molecule has 3 heterocycles. The van der Waals surface area contributed by atoms with Crippen molar-refractivity contribution < 1.29 is 14.0 Å². The van der Waals surface area contributed by atoms with Crippen molar-refractivity contribution in [1.29, 1.82) is 0 Å². The molecule has 0 spiro atoms. The second-order valence-corrected chi connectivity index (χ2v) is 9.04. The Morgan fingerprint density at radius 2 is 1.97 bits per heavy atom. The van der Waals surface area contributed by atoms with Crippen LogP contribution in [0.1, 0.15) is 49.4 Å². The summed E-state index contributed by atoms with van der Waals surface area (Å²) >= 11 is 0. The summed E-state index contributed by atoms with van der Waals surface area (Å²) in [7, 11) is 1.86. The number of amides is 1. The average Bonchev–Trinajstić information content (AvgIpc) is 3.48. The van der Waals surface area contributed by atoms with E-state index in [2.05, 4.69) is 21.1 Å². The van der Waals surface area contributed by atoms with E-state index in [-0.39, 0.29) is 23.7 Å². The van der Waals surface area contributed by atoms with Crippen LogP contribution in [0.3, 0.4) is 0 Å². The summed E-state index contributed by atoms with van der Waals surface area (Å²) in [4.78, 5) is 27.4. The Hall–Kier alpha value is -3.13. The highest BCUT2D eigenvalue weighted by Crippen LogP contribution is 2.36. The Labute approximate surface area is 192 Å². The molecular formula is C25H28FN5O2. The molecule has 1 aliphatic carbocycles. The van der Waals surface area contributed by atoms with Crippen molar-refractivity contribution in [2.24, 2.45) is 18.9 Å². The van der Waals surface area contributed by atoms with Gasteiger partial charge in [0.1, 0.15) is 11.9 Å². The van der Waals surface area contributed by atoms with Gasteiger partial charge >= 0.3 is 0 Å². The molecule has 0 radical (unpaired) electrons. The van der Waals surface area contributed by atoms with Gasteiger partial charge in [0.15, 0.2) is 0 Å². The first-order chi connectivity index (χ1) is 16.1. The molecule has 172 valence electrons. The van der Waals surface area contributed by atoms with Crippen LogP contribution in [0, 0.1) is 17.7 Å². The Balaban J connectivity index is 1.21. The number of carbonyl (C=O) groups excluding carboxylic acids is 1. The molecule has 0 bridgehead atoms. The predicted octanol–water partition coefficient (Wildman–Crippen LogP) is 4.27. The summed E-state index contributed by atoms with van der Waals surface area (Å²) in [5.41, 5.74) is 3.50. The van der Waals surface area contributed by atoms with Gasteiger partial charge in [0, 0.05) is 43.5 Å². The lowest BCUT2D eigenvalue weighted by Gasteiger charge is -2.31. The largest absolute Gasteiger partial charge is 0.272 e. The Morgan fingerprint density at radius 1 is 1.12 bits per heavy atom. The minimum absolute atomic E-state index is 0.0453. The second kappa shape index (κ2) is 9.39. The minimum Gasteiger partial charge on any atom is -0.272 e. The molecule has 8 heteroatoms. The number of hydrogen-bond donors (Lipinski definition) is 0. The van der Waals surface area contributed by atoms with Crippen LogP contribution in [-0.4, -0.2) is 37.3 Å². The molecule has 1 saturated heterocycles. The molecule has 5 rings (SSSR count). The maximum Gasteiger partial charge on any atom is 0.249 e. The number of nitrogens with zero attached hydrogens (tertiary/aromatic N) is 5. The van der Waals surface area contributed by atoms with Crippen molar-refractivity contribution >= 4 is 5.91 Å². The van der Waals surface area contributed by atoms with Crippen LogP contribution >= 0.6 is 0 Å². The van der Waals surface area contributed by atoms with Crippen molar-refractivity contribution in [3.63, 3.8) is 0 Å². The topological polar surface area (TPSA) is 73.1 Å². The van der Waals surface area contributed by atoms with Gasteiger partial charge in [0.2, 0.25) is 5.91 Å². The zero-order chi connectivity index (χ0) is 22.8. The summed E-state index contributed by atoms with van der Waals surface area (Å²) in [5.74, 6) is 0.209. The molecule has 1 aromatic carbocycles. The van der Waals surface area contributed by atoms with E-state index in [1.54, 1.807) is 41.6 Å². The van der Waals surface area contributed by atoms with Crippen LogP contribution < -0.4 is 0 Å². The predicted molar refractivity (Wildman–Crippen MR) is 120 cm³/mol. The third kappa shape index (κ3) is 4.66. The second-order valence-electron chi connectivity index (χ2n) is 9.04. The molecule has 2 aliphatic rings. The van der Waals surface area contributed by atoms with Gasteiger partial charge in [-0.3, -0.25) is 24.3 Å². The molecule has 33 heavy (non-hydrogen) atoms. The van der Waals surface area contributed by atoms with Crippen LogP contribution in [0.25, 0.3) is 11.3 Å². The van der Waals surface area contributed by atoms with Crippen molar-refractivity contribution in [2.45, 2.75) is 44.6 Å². The van der Waals surface area contributed by atoms with Crippen molar-refractivity contribution in [1.82, 2.24) is 24.8 Å². The van der Waals surface area contributed by atoms with Gasteiger partial charge in [0.25, 0.3) is 0 Å². The fourth-order valence-electron chi connectivity index (χ4n) is 5.14. The molecule has 7 nitrogen and oxygen atoms in total. The van der Waals surface area contributed by atoms with Gasteiger partial charge < -0.3 is 0 Å². The molecule has 0 N–H and O–H groups in total. The summed E-state index contributed by atoms with van der Waals surface area (Å²) in [6.45, 7) is 0.515. The smallest absolute Gasteiger partial charge is 0.249 e. The van der Waals surface area contributed by atoms with Crippen molar-refractivity contribution in [2.75, 3.05) is 6.61 Å². The number of benzene rings is 1. The molecule has 1 saturated carbocycles. The van der Waals surface area contributed by atoms with Crippen LogP contribution in [-0.2, 0) is 23.1 Å². The highest BCUT2D eigenvalue weighted by atomic mass is 19.1. The monoisotopic (exact) mass is 449 g/mol. The zero-order valence-electron chi connectivity index (χ0n) is 18.7. The standard InChI is InChI=1S/C25H28FN5O2/c1-30-23(6-8-29-30)20-13-18(14-21(26)15-20)12-17-2-4-19(5-3-17)25(32)31-24(7-11-33-31)22-16-27-9-10-28-22/h6,8-10,13-17,19,24H,2-5,7,11-12H2,1H3/t17-,19-,24-/m0/s1. The average molecular weight is 450 g/mol. The van der Waals surface area contributed by atoms with Gasteiger partial charge in [-0.25, -0.2) is 9.45 Å². The normalized spacial score (nSPS) is 23.1. The molecular weight excluding hydrogens is 421 g/mol. The molecule has 0 unspecified atom stereocenters. The Morgan fingerprint density at radius 3 is 2.70 bits per heavy atom. The van der Waals surface area contributed by atoms with E-state index in [0.29, 0.717) is 12.5 Å². The number of hydrogen-bond acceptors (Lipinski definition) is 5. The number of halogens is 1. The van der Waals surface area contributed by atoms with E-state index in [0.717, 1.165) is 61.0 Å². The Bertz CT molecular complexity index is 1110. The lowest BCUT2D eigenvalue weighted by Crippen LogP contribution is -2.37. The van der Waals surface area contributed by atoms with Gasteiger partial charge in [-0.2, -0.15) is 5.10 Å². The third-order valence-corrected chi connectivity index (χ3v) is 6.84. The minimum atomic E-state index is -0.228. The van der Waals surface area contributed by atoms with E-state index < -0.39 is 0 Å². The van der Waals surface area contributed by atoms with E-state index >= 15 is 0 Å². The van der Waals surface area contributed by atoms with Crippen molar-refractivity contribution in [3.05, 3.63) is 66.1 Å². The van der Waals surface area contributed by atoms with Gasteiger partial charge in [0.05, 0.1) is 24.2 Å². The van der Waals surface area contributed by atoms with E-state index in [1.165, 1.54) is 5.06 Å². The van der Waals surface area contributed by atoms with Crippen LogP contribution in [0.15, 0.2) is 49.1 Å². The van der Waals surface area contributed by atoms with Crippen LogP contribution in [0.2, 0.25) is 0 Å². The first-order valence-corrected chi connectivity index (χ1v) is 11.6. The van der Waals surface area contributed by atoms with E-state index in [4.69, 9.17) is 4.84 Å². The summed E-state index contributed by atoms with van der Waals surface area (Å²) in [5, 5.41) is 5.72. The Kier molecular flexibility index (Phi) is 6.17. The van der Waals surface area contributed by atoms with E-state index in [1.807, 2.05) is 13.1 Å². The van der Waals surface area contributed by atoms with Crippen molar-refractivity contribution in [3.8, 4) is 11.3 Å². The van der Waals surface area contributed by atoms with Gasteiger partial charge in [-0.05, 0) is 67.9 Å². The molecule has 2 aromatic heterocycles. The fraction of sp³-hybridized carbons (Fsp3) is 0.440. The zero-order valence-corrected chi connectivity index (χ0v) is 18.7. The quantitative estimate of drug-likeness (QED) is 0.582. The highest BCUT2D eigenvalue weighted by molar-refractivity contribution is 5.78. The first kappa shape index (κ1) is 21.7. The summed E-state index contributed by atoms with van der Waals surface area (Å²) in [6.07, 6.45) is 11.8. The lowest BCUT2D eigenvalue weighted by atomic mass is 9.78. The molecule has 1 atom stereocenters. The number of rotatable bonds is 5. The number of aromatic nitrogens is 4. The number of hydroxylamine groups is 2. The maximum absolute atomic E-state index is 14.3.